The van der Waals surface area contributed by atoms with E-state index in [0.29, 0.717) is 33.7 Å². The molecule has 12 heteroatoms. The molecule has 0 aliphatic rings. The number of fused-ring (bicyclic) bond motifs is 1. The minimum absolute atomic E-state index is 0.00589. The van der Waals surface area contributed by atoms with Gasteiger partial charge in [-0.25, -0.2) is 28.7 Å². The van der Waals surface area contributed by atoms with Crippen molar-refractivity contribution < 1.29 is 9.18 Å². The fraction of sp³-hybridized carbons (Fsp3) is 0.265. The Bertz CT molecular complexity index is 1940. The molecule has 1 unspecified atom stereocenters. The van der Waals surface area contributed by atoms with Crippen LogP contribution in [0.5, 0.6) is 0 Å². The first-order valence-corrected chi connectivity index (χ1v) is 15.1. The third-order valence-electron chi connectivity index (χ3n) is 7.79. The summed E-state index contributed by atoms with van der Waals surface area (Å²) < 4.78 is 16.6. The maximum atomic E-state index is 14.2. The Morgan fingerprint density at radius 2 is 1.76 bits per heavy atom. The van der Waals surface area contributed by atoms with E-state index in [1.165, 1.54) is 21.5 Å². The van der Waals surface area contributed by atoms with Crippen LogP contribution in [-0.2, 0) is 0 Å². The predicted octanol–water partition coefficient (Wildman–Crippen LogP) is 4.75. The first-order chi connectivity index (χ1) is 22.1. The summed E-state index contributed by atoms with van der Waals surface area (Å²) in [6, 6.07) is 15.8. The largest absolute Gasteiger partial charge is 0.382 e. The van der Waals surface area contributed by atoms with Crippen LogP contribution in [-0.4, -0.2) is 73.5 Å². The molecule has 11 nitrogen and oxygen atoms in total. The van der Waals surface area contributed by atoms with Gasteiger partial charge < -0.3 is 16.0 Å². The molecule has 0 saturated heterocycles. The number of nitrogen functional groups attached to an aromatic ring is 1. The summed E-state index contributed by atoms with van der Waals surface area (Å²) in [4.78, 5) is 44.1. The van der Waals surface area contributed by atoms with Crippen molar-refractivity contribution in [2.24, 2.45) is 0 Å². The van der Waals surface area contributed by atoms with E-state index >= 15 is 0 Å². The van der Waals surface area contributed by atoms with Crippen molar-refractivity contribution >= 4 is 28.7 Å². The number of carbonyl (C=O) groups excluding carboxylic acids is 1. The van der Waals surface area contributed by atoms with Gasteiger partial charge in [-0.15, -0.1) is 0 Å². The SMILES string of the molecule is CCN(CC)C(/C=C/CN(C)C)c1cccc(-n2c(=O)n(-c3ccc(C(=O)Nc4cc(C)c(F)cn4)cc3)c3c(N)ncnc32)c1. The Labute approximate surface area is 266 Å². The van der Waals surface area contributed by atoms with E-state index in [2.05, 4.69) is 62.1 Å². The number of rotatable bonds is 11. The van der Waals surface area contributed by atoms with Crippen LogP contribution in [0, 0.1) is 12.7 Å². The van der Waals surface area contributed by atoms with E-state index in [1.807, 2.05) is 32.3 Å². The lowest BCUT2D eigenvalue weighted by molar-refractivity contribution is 0.102. The zero-order valence-electron chi connectivity index (χ0n) is 26.6. The van der Waals surface area contributed by atoms with Crippen molar-refractivity contribution in [2.45, 2.75) is 26.8 Å². The van der Waals surface area contributed by atoms with Gasteiger partial charge in [0, 0.05) is 12.1 Å². The lowest BCUT2D eigenvalue weighted by atomic mass is 10.0. The normalized spacial score (nSPS) is 12.4. The monoisotopic (exact) mass is 623 g/mol. The van der Waals surface area contributed by atoms with Crippen LogP contribution in [0.1, 0.15) is 41.4 Å². The zero-order valence-corrected chi connectivity index (χ0v) is 26.6. The molecule has 0 spiro atoms. The summed E-state index contributed by atoms with van der Waals surface area (Å²) in [6.45, 7) is 8.38. The van der Waals surface area contributed by atoms with Gasteiger partial charge in [-0.1, -0.05) is 38.1 Å². The molecule has 1 atom stereocenters. The van der Waals surface area contributed by atoms with E-state index in [9.17, 15) is 14.0 Å². The van der Waals surface area contributed by atoms with E-state index in [-0.39, 0.29) is 23.4 Å². The second-order valence-corrected chi connectivity index (χ2v) is 11.2. The lowest BCUT2D eigenvalue weighted by Crippen LogP contribution is -2.28. The number of aromatic nitrogens is 5. The highest BCUT2D eigenvalue weighted by Crippen LogP contribution is 2.27. The van der Waals surface area contributed by atoms with Crippen molar-refractivity contribution in [3.8, 4) is 11.4 Å². The third kappa shape index (κ3) is 6.58. The van der Waals surface area contributed by atoms with E-state index < -0.39 is 11.7 Å². The smallest absolute Gasteiger partial charge is 0.339 e. The Morgan fingerprint density at radius 1 is 1.02 bits per heavy atom. The molecule has 0 aliphatic carbocycles. The molecule has 0 radical (unpaired) electrons. The molecule has 46 heavy (non-hydrogen) atoms. The highest BCUT2D eigenvalue weighted by Gasteiger charge is 2.22. The molecule has 3 heterocycles. The van der Waals surface area contributed by atoms with E-state index in [0.717, 1.165) is 31.4 Å². The number of likely N-dealkylation sites (N-methyl/N-ethyl adjacent to an activating group) is 2. The number of amides is 1. The number of hydrogen-bond acceptors (Lipinski definition) is 8. The molecule has 5 rings (SSSR count). The molecule has 5 aromatic rings. The number of nitrogens with zero attached hydrogens (tertiary/aromatic N) is 7. The quantitative estimate of drug-likeness (QED) is 0.202. The molecule has 3 N–H and O–H groups in total. The molecule has 1 amide bonds. The van der Waals surface area contributed by atoms with Gasteiger partial charge in [-0.05, 0) is 87.7 Å². The summed E-state index contributed by atoms with van der Waals surface area (Å²) >= 11 is 0. The van der Waals surface area contributed by atoms with Crippen molar-refractivity contribution in [3.63, 3.8) is 0 Å². The van der Waals surface area contributed by atoms with Crippen LogP contribution in [0.25, 0.3) is 22.5 Å². The van der Waals surface area contributed by atoms with E-state index in [4.69, 9.17) is 5.73 Å². The van der Waals surface area contributed by atoms with Crippen LogP contribution in [0.2, 0.25) is 0 Å². The molecule has 238 valence electrons. The van der Waals surface area contributed by atoms with Gasteiger partial charge in [0.05, 0.1) is 23.6 Å². The number of nitrogens with one attached hydrogen (secondary N) is 1. The van der Waals surface area contributed by atoms with Gasteiger partial charge in [0.1, 0.15) is 23.5 Å². The number of imidazole rings is 1. The Morgan fingerprint density at radius 3 is 2.43 bits per heavy atom. The second-order valence-electron chi connectivity index (χ2n) is 11.2. The summed E-state index contributed by atoms with van der Waals surface area (Å²) in [6.07, 6.45) is 6.75. The zero-order chi connectivity index (χ0) is 33.0. The molecular weight excluding hydrogens is 585 g/mol. The first kappa shape index (κ1) is 32.2. The fourth-order valence-electron chi connectivity index (χ4n) is 5.39. The van der Waals surface area contributed by atoms with Crippen molar-refractivity contribution in [1.82, 2.24) is 33.9 Å². The van der Waals surface area contributed by atoms with Gasteiger partial charge in [-0.2, -0.15) is 0 Å². The van der Waals surface area contributed by atoms with Gasteiger partial charge in [-0.3, -0.25) is 14.3 Å². The molecule has 3 aromatic heterocycles. The molecule has 0 aliphatic heterocycles. The van der Waals surface area contributed by atoms with Crippen LogP contribution in [0.3, 0.4) is 0 Å². The van der Waals surface area contributed by atoms with Gasteiger partial charge in [0.25, 0.3) is 5.91 Å². The number of halogens is 1. The topological polar surface area (TPSA) is 127 Å². The molecule has 0 fully saturated rings. The van der Waals surface area contributed by atoms with Gasteiger partial charge >= 0.3 is 5.69 Å². The molecule has 2 aromatic carbocycles. The number of hydrogen-bond donors (Lipinski definition) is 2. The minimum atomic E-state index is -0.456. The number of anilines is 2. The third-order valence-corrected chi connectivity index (χ3v) is 7.79. The highest BCUT2D eigenvalue weighted by molar-refractivity contribution is 6.04. The molecule has 0 saturated carbocycles. The minimum Gasteiger partial charge on any atom is -0.382 e. The first-order valence-electron chi connectivity index (χ1n) is 15.1. The molecule has 0 bridgehead atoms. The maximum Gasteiger partial charge on any atom is 0.339 e. The summed E-state index contributed by atoms with van der Waals surface area (Å²) in [5.74, 6) is -0.510. The number of aryl methyl sites for hydroxylation is 1. The average molecular weight is 624 g/mol. The summed E-state index contributed by atoms with van der Waals surface area (Å²) in [7, 11) is 4.06. The standard InChI is InChI=1S/C34H38FN9O2/c1-6-42(7-2)28(12-9-17-41(4)5)24-10-8-11-26(19-24)44-32-30(31(36)38-21-39-32)43(34(44)46)25-15-13-23(14-16-25)33(45)40-29-18-22(3)27(35)20-37-29/h8-16,18-21,28H,6-7,17H2,1-5H3,(H2,36,38,39)(H,37,40,45)/b12-9+. The van der Waals surface area contributed by atoms with Crippen molar-refractivity contribution in [1.29, 1.82) is 0 Å². The maximum absolute atomic E-state index is 14.2. The Balaban J connectivity index is 1.55. The average Bonchev–Trinajstić information content (AvgIpc) is 3.35. The summed E-state index contributed by atoms with van der Waals surface area (Å²) in [5.41, 5.74) is 9.50. The second kappa shape index (κ2) is 13.8. The van der Waals surface area contributed by atoms with Crippen LogP contribution < -0.4 is 16.7 Å². The summed E-state index contributed by atoms with van der Waals surface area (Å²) in [5, 5.41) is 2.67. The number of carbonyl (C=O) groups is 1. The number of nitrogens with two attached hydrogens (primary N) is 1. The van der Waals surface area contributed by atoms with Gasteiger partial charge in [0.2, 0.25) is 0 Å². The van der Waals surface area contributed by atoms with Crippen LogP contribution in [0.4, 0.5) is 16.0 Å². The number of benzene rings is 2. The van der Waals surface area contributed by atoms with Crippen molar-refractivity contribution in [3.05, 3.63) is 112 Å². The number of pyridine rings is 1. The highest BCUT2D eigenvalue weighted by atomic mass is 19.1. The predicted molar refractivity (Wildman–Crippen MR) is 179 cm³/mol. The fourth-order valence-corrected chi connectivity index (χ4v) is 5.39. The van der Waals surface area contributed by atoms with Crippen molar-refractivity contribution in [2.75, 3.05) is 44.8 Å². The van der Waals surface area contributed by atoms with Crippen LogP contribution in [0.15, 0.2) is 84.1 Å². The van der Waals surface area contributed by atoms with Crippen LogP contribution >= 0.6 is 0 Å². The Hall–Kier alpha value is -5.20. The lowest BCUT2D eigenvalue weighted by Gasteiger charge is -2.28. The van der Waals surface area contributed by atoms with E-state index in [1.54, 1.807) is 31.2 Å². The Kier molecular flexibility index (Phi) is 9.69. The molecular formula is C34H38FN9O2. The van der Waals surface area contributed by atoms with Gasteiger partial charge in [0.15, 0.2) is 11.5 Å².